The molecule has 1 fully saturated rings. The van der Waals surface area contributed by atoms with E-state index in [1.807, 2.05) is 6.92 Å². The summed E-state index contributed by atoms with van der Waals surface area (Å²) in [6, 6.07) is 4.03. The maximum absolute atomic E-state index is 13.6. The molecule has 2 rings (SSSR count). The first-order chi connectivity index (χ1) is 9.55. The van der Waals surface area contributed by atoms with Crippen LogP contribution in [0.2, 0.25) is 0 Å². The quantitative estimate of drug-likeness (QED) is 0.897. The molecule has 0 aromatic heterocycles. The Bertz CT molecular complexity index is 533. The molecule has 1 unspecified atom stereocenters. The van der Waals surface area contributed by atoms with Crippen molar-refractivity contribution in [1.29, 1.82) is 0 Å². The summed E-state index contributed by atoms with van der Waals surface area (Å²) >= 11 is 0. The maximum atomic E-state index is 13.6. The minimum absolute atomic E-state index is 0.00296. The molecule has 0 saturated carbocycles. The Morgan fingerprint density at radius 2 is 2.20 bits per heavy atom. The van der Waals surface area contributed by atoms with Crippen molar-refractivity contribution in [2.45, 2.75) is 25.9 Å². The van der Waals surface area contributed by atoms with Crippen LogP contribution in [-0.2, 0) is 16.1 Å². The number of rotatable bonds is 4. The van der Waals surface area contributed by atoms with Gasteiger partial charge in [-0.3, -0.25) is 9.59 Å². The van der Waals surface area contributed by atoms with E-state index in [0.717, 1.165) is 0 Å². The molecule has 0 bridgehead atoms. The van der Waals surface area contributed by atoms with Gasteiger partial charge in [0.1, 0.15) is 6.04 Å². The van der Waals surface area contributed by atoms with Gasteiger partial charge in [0, 0.05) is 6.54 Å². The van der Waals surface area contributed by atoms with Crippen molar-refractivity contribution in [2.24, 2.45) is 0 Å². The van der Waals surface area contributed by atoms with Crippen molar-refractivity contribution >= 4 is 11.8 Å². The second kappa shape index (κ2) is 5.90. The summed E-state index contributed by atoms with van der Waals surface area (Å²) in [7, 11) is 1.39. The standard InChI is InChI=1S/C14H17FN2O3/c1-3-11-14(19)17(8-13(18)16-11)7-9-4-5-12(20-2)10(15)6-9/h4-6,11H,3,7-8H2,1-2H3,(H,16,18). The predicted octanol–water partition coefficient (Wildman–Crippen LogP) is 1.07. The molecule has 5 nitrogen and oxygen atoms in total. The number of amides is 2. The average Bonchev–Trinajstić information content (AvgIpc) is 2.42. The lowest BCUT2D eigenvalue weighted by Gasteiger charge is -2.32. The normalized spacial score (nSPS) is 18.9. The Balaban J connectivity index is 2.14. The summed E-state index contributed by atoms with van der Waals surface area (Å²) in [5.74, 6) is -0.650. The van der Waals surface area contributed by atoms with Crippen molar-refractivity contribution in [3.63, 3.8) is 0 Å². The minimum atomic E-state index is -0.487. The summed E-state index contributed by atoms with van der Waals surface area (Å²) in [4.78, 5) is 25.1. The Hall–Kier alpha value is -2.11. The molecule has 0 spiro atoms. The lowest BCUT2D eigenvalue weighted by molar-refractivity contribution is -0.144. The second-order valence-electron chi connectivity index (χ2n) is 4.69. The molecule has 0 aliphatic carbocycles. The maximum Gasteiger partial charge on any atom is 0.245 e. The summed E-state index contributed by atoms with van der Waals surface area (Å²) in [5, 5.41) is 2.64. The molecule has 108 valence electrons. The molecule has 1 N–H and O–H groups in total. The van der Waals surface area contributed by atoms with Gasteiger partial charge in [-0.25, -0.2) is 4.39 Å². The number of piperazine rings is 1. The third kappa shape index (κ3) is 2.89. The number of nitrogens with one attached hydrogen (secondary N) is 1. The second-order valence-corrected chi connectivity index (χ2v) is 4.69. The number of hydrogen-bond acceptors (Lipinski definition) is 3. The van der Waals surface area contributed by atoms with Gasteiger partial charge in [0.2, 0.25) is 11.8 Å². The van der Waals surface area contributed by atoms with Crippen molar-refractivity contribution in [1.82, 2.24) is 10.2 Å². The third-order valence-electron chi connectivity index (χ3n) is 3.28. The number of benzene rings is 1. The van der Waals surface area contributed by atoms with E-state index in [9.17, 15) is 14.0 Å². The van der Waals surface area contributed by atoms with E-state index in [-0.39, 0.29) is 30.7 Å². The Labute approximate surface area is 116 Å². The van der Waals surface area contributed by atoms with Crippen LogP contribution in [0, 0.1) is 5.82 Å². The van der Waals surface area contributed by atoms with E-state index in [1.54, 1.807) is 6.07 Å². The Morgan fingerprint density at radius 1 is 1.45 bits per heavy atom. The van der Waals surface area contributed by atoms with E-state index < -0.39 is 11.9 Å². The number of halogens is 1. The van der Waals surface area contributed by atoms with Gasteiger partial charge in [-0.05, 0) is 24.1 Å². The molecule has 2 amide bonds. The van der Waals surface area contributed by atoms with Crippen LogP contribution in [0.25, 0.3) is 0 Å². The number of carbonyl (C=O) groups excluding carboxylic acids is 2. The van der Waals surface area contributed by atoms with Gasteiger partial charge >= 0.3 is 0 Å². The molecular weight excluding hydrogens is 263 g/mol. The van der Waals surface area contributed by atoms with Crippen LogP contribution in [0.5, 0.6) is 5.75 Å². The monoisotopic (exact) mass is 280 g/mol. The molecule has 1 saturated heterocycles. The molecule has 0 radical (unpaired) electrons. The zero-order valence-corrected chi connectivity index (χ0v) is 11.5. The van der Waals surface area contributed by atoms with Crippen LogP contribution >= 0.6 is 0 Å². The lowest BCUT2D eigenvalue weighted by atomic mass is 10.1. The molecule has 1 heterocycles. The van der Waals surface area contributed by atoms with Gasteiger partial charge in [0.05, 0.1) is 13.7 Å². The zero-order chi connectivity index (χ0) is 14.7. The van der Waals surface area contributed by atoms with E-state index in [0.29, 0.717) is 12.0 Å². The van der Waals surface area contributed by atoms with Crippen LogP contribution in [0.3, 0.4) is 0 Å². The highest BCUT2D eigenvalue weighted by atomic mass is 19.1. The summed E-state index contributed by atoms with van der Waals surface area (Å²) in [5.41, 5.74) is 0.626. The molecule has 20 heavy (non-hydrogen) atoms. The van der Waals surface area contributed by atoms with E-state index in [1.165, 1.54) is 24.1 Å². The van der Waals surface area contributed by atoms with Crippen molar-refractivity contribution < 1.29 is 18.7 Å². The number of hydrogen-bond donors (Lipinski definition) is 1. The van der Waals surface area contributed by atoms with Gasteiger partial charge in [0.15, 0.2) is 11.6 Å². The van der Waals surface area contributed by atoms with E-state index >= 15 is 0 Å². The smallest absolute Gasteiger partial charge is 0.245 e. The summed E-state index contributed by atoms with van der Waals surface area (Å²) in [6.45, 7) is 2.05. The van der Waals surface area contributed by atoms with Crippen LogP contribution < -0.4 is 10.1 Å². The van der Waals surface area contributed by atoms with Crippen molar-refractivity contribution in [3.8, 4) is 5.75 Å². The Morgan fingerprint density at radius 3 is 2.80 bits per heavy atom. The highest BCUT2D eigenvalue weighted by Gasteiger charge is 2.31. The lowest BCUT2D eigenvalue weighted by Crippen LogP contribution is -2.57. The molecule has 1 atom stereocenters. The van der Waals surface area contributed by atoms with Crippen LogP contribution in [-0.4, -0.2) is 36.4 Å². The summed E-state index contributed by atoms with van der Waals surface area (Å²) < 4.78 is 18.5. The van der Waals surface area contributed by atoms with Gasteiger partial charge < -0.3 is 15.0 Å². The highest BCUT2D eigenvalue weighted by Crippen LogP contribution is 2.19. The number of ether oxygens (including phenoxy) is 1. The molecule has 1 aliphatic heterocycles. The topological polar surface area (TPSA) is 58.6 Å². The fraction of sp³-hybridized carbons (Fsp3) is 0.429. The van der Waals surface area contributed by atoms with Crippen LogP contribution in [0.4, 0.5) is 4.39 Å². The number of carbonyl (C=O) groups is 2. The fourth-order valence-corrected chi connectivity index (χ4v) is 2.21. The summed E-state index contributed by atoms with van der Waals surface area (Å²) in [6.07, 6.45) is 0.540. The zero-order valence-electron chi connectivity index (χ0n) is 11.5. The number of methoxy groups -OCH3 is 1. The van der Waals surface area contributed by atoms with Gasteiger partial charge in [-0.15, -0.1) is 0 Å². The average molecular weight is 280 g/mol. The molecule has 6 heteroatoms. The molecule has 1 aromatic carbocycles. The van der Waals surface area contributed by atoms with Crippen molar-refractivity contribution in [2.75, 3.05) is 13.7 Å². The minimum Gasteiger partial charge on any atom is -0.494 e. The fourth-order valence-electron chi connectivity index (χ4n) is 2.21. The Kier molecular flexibility index (Phi) is 4.22. The largest absolute Gasteiger partial charge is 0.494 e. The van der Waals surface area contributed by atoms with E-state index in [2.05, 4.69) is 5.32 Å². The number of nitrogens with zero attached hydrogens (tertiary/aromatic N) is 1. The van der Waals surface area contributed by atoms with Crippen LogP contribution in [0.1, 0.15) is 18.9 Å². The third-order valence-corrected chi connectivity index (χ3v) is 3.28. The van der Waals surface area contributed by atoms with Crippen molar-refractivity contribution in [3.05, 3.63) is 29.6 Å². The first kappa shape index (κ1) is 14.3. The molecule has 1 aliphatic rings. The van der Waals surface area contributed by atoms with E-state index in [4.69, 9.17) is 4.74 Å². The molecular formula is C14H17FN2O3. The first-order valence-corrected chi connectivity index (χ1v) is 6.45. The first-order valence-electron chi connectivity index (χ1n) is 6.45. The predicted molar refractivity (Wildman–Crippen MR) is 70.6 cm³/mol. The van der Waals surface area contributed by atoms with Gasteiger partial charge in [0.25, 0.3) is 0 Å². The SMILES string of the molecule is CCC1NC(=O)CN(Cc2ccc(OC)c(F)c2)C1=O. The van der Waals surface area contributed by atoms with Gasteiger partial charge in [-0.1, -0.05) is 13.0 Å². The molecule has 1 aromatic rings. The van der Waals surface area contributed by atoms with Crippen LogP contribution in [0.15, 0.2) is 18.2 Å². The van der Waals surface area contributed by atoms with Gasteiger partial charge in [-0.2, -0.15) is 0 Å². The highest BCUT2D eigenvalue weighted by molar-refractivity contribution is 5.94.